The quantitative estimate of drug-likeness (QED) is 0.251. The van der Waals surface area contributed by atoms with E-state index in [1.165, 1.54) is 32.2 Å². The van der Waals surface area contributed by atoms with Crippen molar-refractivity contribution in [3.05, 3.63) is 29.8 Å². The predicted molar refractivity (Wildman–Crippen MR) is 133 cm³/mol. The maximum Gasteiger partial charge on any atom is 0.240 e. The average Bonchev–Trinajstić information content (AvgIpc) is 3.54. The van der Waals surface area contributed by atoms with E-state index < -0.39 is 10.0 Å². The Morgan fingerprint density at radius 1 is 1.13 bits per heavy atom. The number of halogens is 1. The largest absolute Gasteiger partial charge is 0.355 e. The third kappa shape index (κ3) is 7.65. The second kappa shape index (κ2) is 12.2. The van der Waals surface area contributed by atoms with Crippen LogP contribution >= 0.6 is 24.0 Å². The van der Waals surface area contributed by atoms with E-state index >= 15 is 0 Å². The number of hydrogen-bond acceptors (Lipinski definition) is 4. The Morgan fingerprint density at radius 3 is 2.50 bits per heavy atom. The van der Waals surface area contributed by atoms with Gasteiger partial charge in [-0.2, -0.15) is 0 Å². The van der Waals surface area contributed by atoms with Crippen LogP contribution in [0, 0.1) is 0 Å². The predicted octanol–water partition coefficient (Wildman–Crippen LogP) is 2.67. The molecule has 1 unspecified atom stereocenters. The standard InChI is InChI=1S/C21H35N5O2S.HI/c1-3-19-6-4-5-14-26(19)15-13-23-21(22-2)24-16-17-7-11-20(12-8-17)29(27,28)25-18-9-10-18;/h7-8,11-12,18-19,25H,3-6,9-10,13-16H2,1-2H3,(H2,22,23,24);1H. The van der Waals surface area contributed by atoms with Crippen molar-refractivity contribution in [2.24, 2.45) is 4.99 Å². The first-order chi connectivity index (χ1) is 14.0. The summed E-state index contributed by atoms with van der Waals surface area (Å²) in [5, 5.41) is 6.69. The molecule has 3 N–H and O–H groups in total. The molecule has 30 heavy (non-hydrogen) atoms. The number of aliphatic imine (C=N–C) groups is 1. The molecule has 170 valence electrons. The molecule has 1 aliphatic heterocycles. The lowest BCUT2D eigenvalue weighted by Crippen LogP contribution is -2.45. The fourth-order valence-electron chi connectivity index (χ4n) is 3.82. The number of nitrogens with zero attached hydrogens (tertiary/aromatic N) is 2. The van der Waals surface area contributed by atoms with Crippen molar-refractivity contribution in [3.8, 4) is 0 Å². The van der Waals surface area contributed by atoms with Crippen molar-refractivity contribution >= 4 is 40.0 Å². The number of piperidine rings is 1. The van der Waals surface area contributed by atoms with Gasteiger partial charge in [-0.15, -0.1) is 24.0 Å². The smallest absolute Gasteiger partial charge is 0.240 e. The number of hydrogen-bond donors (Lipinski definition) is 3. The van der Waals surface area contributed by atoms with Crippen LogP contribution in [0.5, 0.6) is 0 Å². The highest BCUT2D eigenvalue weighted by Crippen LogP contribution is 2.22. The molecule has 1 aromatic rings. The summed E-state index contributed by atoms with van der Waals surface area (Å²) in [5.41, 5.74) is 1.01. The Morgan fingerprint density at radius 2 is 1.87 bits per heavy atom. The van der Waals surface area contributed by atoms with Gasteiger partial charge in [-0.25, -0.2) is 13.1 Å². The van der Waals surface area contributed by atoms with Crippen molar-refractivity contribution in [1.29, 1.82) is 0 Å². The van der Waals surface area contributed by atoms with Crippen LogP contribution < -0.4 is 15.4 Å². The molecule has 1 saturated carbocycles. The minimum Gasteiger partial charge on any atom is -0.355 e. The van der Waals surface area contributed by atoms with E-state index in [0.717, 1.165) is 37.5 Å². The third-order valence-electron chi connectivity index (χ3n) is 5.73. The Kier molecular flexibility index (Phi) is 10.3. The molecule has 0 spiro atoms. The highest BCUT2D eigenvalue weighted by Gasteiger charge is 2.27. The van der Waals surface area contributed by atoms with E-state index in [4.69, 9.17) is 0 Å². The van der Waals surface area contributed by atoms with Gasteiger partial charge in [0.15, 0.2) is 5.96 Å². The van der Waals surface area contributed by atoms with Gasteiger partial charge in [-0.1, -0.05) is 25.5 Å². The molecular weight excluding hydrogens is 513 g/mol. The molecule has 1 atom stereocenters. The SMILES string of the molecule is CCC1CCCCN1CCNC(=NC)NCc1ccc(S(=O)(=O)NC2CC2)cc1.I. The molecule has 0 aromatic heterocycles. The van der Waals surface area contributed by atoms with E-state index in [0.29, 0.717) is 17.5 Å². The van der Waals surface area contributed by atoms with Gasteiger partial charge in [-0.05, 0) is 56.3 Å². The van der Waals surface area contributed by atoms with Crippen molar-refractivity contribution in [3.63, 3.8) is 0 Å². The minimum atomic E-state index is -3.39. The fourth-order valence-corrected chi connectivity index (χ4v) is 5.12. The Labute approximate surface area is 198 Å². The van der Waals surface area contributed by atoms with Gasteiger partial charge < -0.3 is 10.6 Å². The average molecular weight is 550 g/mol. The Balaban J connectivity index is 0.00000320. The van der Waals surface area contributed by atoms with Gasteiger partial charge in [-0.3, -0.25) is 9.89 Å². The summed E-state index contributed by atoms with van der Waals surface area (Å²) in [4.78, 5) is 7.20. The number of guanidine groups is 1. The molecule has 1 heterocycles. The summed E-state index contributed by atoms with van der Waals surface area (Å²) in [6.07, 6.45) is 7.04. The van der Waals surface area contributed by atoms with E-state index in [1.807, 2.05) is 12.1 Å². The lowest BCUT2D eigenvalue weighted by molar-refractivity contribution is 0.147. The highest BCUT2D eigenvalue weighted by atomic mass is 127. The zero-order chi connectivity index (χ0) is 20.7. The molecule has 0 bridgehead atoms. The summed E-state index contributed by atoms with van der Waals surface area (Å²) in [6, 6.07) is 7.86. The fraction of sp³-hybridized carbons (Fsp3) is 0.667. The summed E-state index contributed by atoms with van der Waals surface area (Å²) in [6.45, 7) is 5.95. The number of sulfonamides is 1. The van der Waals surface area contributed by atoms with Crippen LogP contribution in [0.4, 0.5) is 0 Å². The van der Waals surface area contributed by atoms with E-state index in [9.17, 15) is 8.42 Å². The van der Waals surface area contributed by atoms with Crippen LogP contribution in [0.25, 0.3) is 0 Å². The second-order valence-electron chi connectivity index (χ2n) is 7.99. The number of benzene rings is 1. The molecule has 3 rings (SSSR count). The molecule has 2 fully saturated rings. The van der Waals surface area contributed by atoms with Crippen molar-refractivity contribution in [1.82, 2.24) is 20.3 Å². The molecule has 1 aromatic carbocycles. The lowest BCUT2D eigenvalue weighted by atomic mass is 10.0. The Bertz CT molecular complexity index is 781. The van der Waals surface area contributed by atoms with Crippen LogP contribution in [0.3, 0.4) is 0 Å². The number of likely N-dealkylation sites (tertiary alicyclic amines) is 1. The van der Waals surface area contributed by atoms with Crippen molar-refractivity contribution in [2.45, 2.75) is 69.0 Å². The first-order valence-electron chi connectivity index (χ1n) is 10.8. The maximum atomic E-state index is 12.2. The van der Waals surface area contributed by atoms with Gasteiger partial charge in [0, 0.05) is 38.8 Å². The number of nitrogens with one attached hydrogen (secondary N) is 3. The summed E-state index contributed by atoms with van der Waals surface area (Å²) < 4.78 is 27.2. The summed E-state index contributed by atoms with van der Waals surface area (Å²) in [7, 11) is -1.62. The first-order valence-corrected chi connectivity index (χ1v) is 12.3. The number of rotatable bonds is 9. The zero-order valence-corrected chi connectivity index (χ0v) is 21.2. The molecule has 0 radical (unpaired) electrons. The van der Waals surface area contributed by atoms with Crippen LogP contribution in [0.1, 0.15) is 51.0 Å². The van der Waals surface area contributed by atoms with Crippen molar-refractivity contribution in [2.75, 3.05) is 26.7 Å². The monoisotopic (exact) mass is 549 g/mol. The van der Waals surface area contributed by atoms with E-state index in [-0.39, 0.29) is 30.0 Å². The lowest BCUT2D eigenvalue weighted by Gasteiger charge is -2.35. The molecule has 1 aliphatic carbocycles. The van der Waals surface area contributed by atoms with Gasteiger partial charge in [0.05, 0.1) is 4.90 Å². The molecule has 7 nitrogen and oxygen atoms in total. The Hall–Kier alpha value is -0.910. The van der Waals surface area contributed by atoms with Crippen LogP contribution in [0.15, 0.2) is 34.2 Å². The highest BCUT2D eigenvalue weighted by molar-refractivity contribution is 14.0. The topological polar surface area (TPSA) is 85.8 Å². The van der Waals surface area contributed by atoms with Crippen molar-refractivity contribution < 1.29 is 8.42 Å². The van der Waals surface area contributed by atoms with Crippen LogP contribution in [-0.4, -0.2) is 58.0 Å². The third-order valence-corrected chi connectivity index (χ3v) is 7.26. The first kappa shape index (κ1) is 25.4. The molecule has 2 aliphatic rings. The zero-order valence-electron chi connectivity index (χ0n) is 18.1. The second-order valence-corrected chi connectivity index (χ2v) is 9.70. The van der Waals surface area contributed by atoms with Gasteiger partial charge >= 0.3 is 0 Å². The van der Waals surface area contributed by atoms with Gasteiger partial charge in [0.2, 0.25) is 10.0 Å². The molecular formula is C21H36IN5O2S. The maximum absolute atomic E-state index is 12.2. The summed E-state index contributed by atoms with van der Waals surface area (Å²) >= 11 is 0. The summed E-state index contributed by atoms with van der Waals surface area (Å²) in [5.74, 6) is 0.766. The van der Waals surface area contributed by atoms with E-state index in [1.54, 1.807) is 19.2 Å². The molecule has 0 amide bonds. The molecule has 1 saturated heterocycles. The van der Waals surface area contributed by atoms with Gasteiger partial charge in [0.25, 0.3) is 0 Å². The molecule has 9 heteroatoms. The van der Waals surface area contributed by atoms with Crippen LogP contribution in [0.2, 0.25) is 0 Å². The van der Waals surface area contributed by atoms with Gasteiger partial charge in [0.1, 0.15) is 0 Å². The minimum absolute atomic E-state index is 0. The van der Waals surface area contributed by atoms with E-state index in [2.05, 4.69) is 32.2 Å². The van der Waals surface area contributed by atoms with Crippen LogP contribution in [-0.2, 0) is 16.6 Å². The normalized spacial score (nSPS) is 20.5.